The second kappa shape index (κ2) is 6.48. The van der Waals surface area contributed by atoms with Crippen LogP contribution < -0.4 is 0 Å². The Morgan fingerprint density at radius 2 is 2.26 bits per heavy atom. The van der Waals surface area contributed by atoms with Gasteiger partial charge in [0.2, 0.25) is 0 Å². The van der Waals surface area contributed by atoms with Crippen LogP contribution in [0.2, 0.25) is 0 Å². The lowest BCUT2D eigenvalue weighted by Gasteiger charge is -2.33. The summed E-state index contributed by atoms with van der Waals surface area (Å²) in [7, 11) is 0. The highest BCUT2D eigenvalue weighted by Gasteiger charge is 2.62. The van der Waals surface area contributed by atoms with E-state index in [0.717, 1.165) is 12.8 Å². The first-order valence-electron chi connectivity index (χ1n) is 8.08. The fraction of sp³-hybridized carbons (Fsp3) is 0.647. The molecule has 1 aromatic carbocycles. The van der Waals surface area contributed by atoms with Gasteiger partial charge in [-0.2, -0.15) is 0 Å². The van der Waals surface area contributed by atoms with Gasteiger partial charge >= 0.3 is 0 Å². The number of azide groups is 1. The van der Waals surface area contributed by atoms with Gasteiger partial charge in [0.05, 0.1) is 18.8 Å². The molecule has 1 heterocycles. The standard InChI is InChI=1S/C17H22FN3O2/c1-11(9-20-21-19)13-7-15(17(2)16(8-13)23-17)22-10-12-5-3-4-6-14(12)18/h3-6,11,13,15-16H,7-10H2,1-2H3. The van der Waals surface area contributed by atoms with Crippen molar-refractivity contribution >= 4 is 0 Å². The molecule has 0 spiro atoms. The van der Waals surface area contributed by atoms with Crippen LogP contribution in [0.4, 0.5) is 4.39 Å². The second-order valence-electron chi connectivity index (χ2n) is 6.80. The zero-order chi connectivity index (χ0) is 16.4. The maximum absolute atomic E-state index is 13.7. The van der Waals surface area contributed by atoms with Crippen LogP contribution in [0.3, 0.4) is 0 Å². The van der Waals surface area contributed by atoms with Gasteiger partial charge in [0.25, 0.3) is 0 Å². The minimum Gasteiger partial charge on any atom is -0.370 e. The number of halogens is 1. The summed E-state index contributed by atoms with van der Waals surface area (Å²) in [4.78, 5) is 2.84. The Labute approximate surface area is 135 Å². The summed E-state index contributed by atoms with van der Waals surface area (Å²) in [6, 6.07) is 6.68. The fourth-order valence-electron chi connectivity index (χ4n) is 3.54. The number of epoxide rings is 1. The zero-order valence-corrected chi connectivity index (χ0v) is 13.5. The Kier molecular flexibility index (Phi) is 4.57. The largest absolute Gasteiger partial charge is 0.370 e. The van der Waals surface area contributed by atoms with Crippen LogP contribution in [0.15, 0.2) is 29.4 Å². The molecule has 2 aliphatic rings. The molecule has 1 aliphatic heterocycles. The van der Waals surface area contributed by atoms with Crippen molar-refractivity contribution < 1.29 is 13.9 Å². The summed E-state index contributed by atoms with van der Waals surface area (Å²) in [5, 5.41) is 3.68. The lowest BCUT2D eigenvalue weighted by molar-refractivity contribution is -0.0322. The first kappa shape index (κ1) is 16.2. The Balaban J connectivity index is 1.63. The maximum atomic E-state index is 13.7. The average Bonchev–Trinajstić information content (AvgIpc) is 3.22. The van der Waals surface area contributed by atoms with Crippen LogP contribution in [0, 0.1) is 17.7 Å². The van der Waals surface area contributed by atoms with Gasteiger partial charge in [-0.15, -0.1) is 0 Å². The lowest BCUT2D eigenvalue weighted by atomic mass is 9.75. The normalized spacial score (nSPS) is 33.4. The molecule has 1 aliphatic carbocycles. The van der Waals surface area contributed by atoms with E-state index in [9.17, 15) is 4.39 Å². The van der Waals surface area contributed by atoms with E-state index in [4.69, 9.17) is 15.0 Å². The molecular weight excluding hydrogens is 297 g/mol. The number of hydrogen-bond acceptors (Lipinski definition) is 3. The van der Waals surface area contributed by atoms with Crippen molar-refractivity contribution in [2.75, 3.05) is 6.54 Å². The monoisotopic (exact) mass is 319 g/mol. The second-order valence-corrected chi connectivity index (χ2v) is 6.80. The van der Waals surface area contributed by atoms with E-state index < -0.39 is 0 Å². The lowest BCUT2D eigenvalue weighted by Crippen LogP contribution is -2.40. The molecule has 0 radical (unpaired) electrons. The maximum Gasteiger partial charge on any atom is 0.128 e. The van der Waals surface area contributed by atoms with Gasteiger partial charge in [-0.1, -0.05) is 30.2 Å². The quantitative estimate of drug-likeness (QED) is 0.341. The van der Waals surface area contributed by atoms with Crippen molar-refractivity contribution in [3.05, 3.63) is 46.1 Å². The molecule has 1 saturated heterocycles. The van der Waals surface area contributed by atoms with E-state index in [-0.39, 0.29) is 30.2 Å². The molecule has 1 saturated carbocycles. The molecule has 0 bridgehead atoms. The van der Waals surface area contributed by atoms with Crippen molar-refractivity contribution in [1.82, 2.24) is 0 Å². The molecule has 6 heteroatoms. The molecule has 0 aromatic heterocycles. The van der Waals surface area contributed by atoms with E-state index in [1.807, 2.05) is 6.07 Å². The zero-order valence-electron chi connectivity index (χ0n) is 13.5. The molecule has 1 aromatic rings. The van der Waals surface area contributed by atoms with Gasteiger partial charge in [-0.3, -0.25) is 0 Å². The topological polar surface area (TPSA) is 70.5 Å². The molecule has 5 unspecified atom stereocenters. The minimum atomic E-state index is -0.250. The summed E-state index contributed by atoms with van der Waals surface area (Å²) >= 11 is 0. The summed E-state index contributed by atoms with van der Waals surface area (Å²) < 4.78 is 25.6. The van der Waals surface area contributed by atoms with Gasteiger partial charge in [0, 0.05) is 17.0 Å². The first-order valence-corrected chi connectivity index (χ1v) is 8.08. The summed E-state index contributed by atoms with van der Waals surface area (Å²) in [6.07, 6.45) is 1.96. The minimum absolute atomic E-state index is 0.0561. The van der Waals surface area contributed by atoms with Gasteiger partial charge in [-0.25, -0.2) is 4.39 Å². The number of fused-ring (bicyclic) bond motifs is 1. The molecule has 5 nitrogen and oxygen atoms in total. The van der Waals surface area contributed by atoms with Crippen LogP contribution in [0.25, 0.3) is 10.4 Å². The molecule has 2 fully saturated rings. The number of benzene rings is 1. The van der Waals surface area contributed by atoms with Crippen LogP contribution in [-0.4, -0.2) is 24.4 Å². The molecule has 0 N–H and O–H groups in total. The predicted octanol–water partition coefficient (Wildman–Crippen LogP) is 4.22. The van der Waals surface area contributed by atoms with Gasteiger partial charge < -0.3 is 9.47 Å². The Bertz CT molecular complexity index is 620. The highest BCUT2D eigenvalue weighted by molar-refractivity contribution is 5.17. The van der Waals surface area contributed by atoms with Crippen LogP contribution >= 0.6 is 0 Å². The molecule has 23 heavy (non-hydrogen) atoms. The van der Waals surface area contributed by atoms with Crippen molar-refractivity contribution in [2.24, 2.45) is 17.0 Å². The van der Waals surface area contributed by atoms with E-state index in [1.165, 1.54) is 6.07 Å². The predicted molar refractivity (Wildman–Crippen MR) is 84.2 cm³/mol. The van der Waals surface area contributed by atoms with Gasteiger partial charge in [0.1, 0.15) is 11.4 Å². The highest BCUT2D eigenvalue weighted by atomic mass is 19.1. The SMILES string of the molecule is CC(CN=[N+]=[N-])C1CC(OCc2ccccc2F)C2(C)OC2C1. The third kappa shape index (κ3) is 3.34. The average molecular weight is 319 g/mol. The summed E-state index contributed by atoms with van der Waals surface area (Å²) in [5.41, 5.74) is 8.79. The van der Waals surface area contributed by atoms with Gasteiger partial charge in [0.15, 0.2) is 0 Å². The van der Waals surface area contributed by atoms with Crippen molar-refractivity contribution in [2.45, 2.75) is 51.1 Å². The number of nitrogens with zero attached hydrogens (tertiary/aromatic N) is 3. The molecule has 0 amide bonds. The molecule has 124 valence electrons. The van der Waals surface area contributed by atoms with E-state index in [1.54, 1.807) is 12.1 Å². The van der Waals surface area contributed by atoms with Gasteiger partial charge in [-0.05, 0) is 43.2 Å². The van der Waals surface area contributed by atoms with Crippen molar-refractivity contribution in [1.29, 1.82) is 0 Å². The van der Waals surface area contributed by atoms with Crippen LogP contribution in [0.5, 0.6) is 0 Å². The summed E-state index contributed by atoms with van der Waals surface area (Å²) in [5.74, 6) is 0.445. The van der Waals surface area contributed by atoms with E-state index in [2.05, 4.69) is 23.9 Å². The highest BCUT2D eigenvalue weighted by Crippen LogP contribution is 2.52. The molecule has 5 atom stereocenters. The molecular formula is C17H22FN3O2. The van der Waals surface area contributed by atoms with Crippen molar-refractivity contribution in [3.63, 3.8) is 0 Å². The van der Waals surface area contributed by atoms with E-state index >= 15 is 0 Å². The fourth-order valence-corrected chi connectivity index (χ4v) is 3.54. The van der Waals surface area contributed by atoms with Crippen LogP contribution in [-0.2, 0) is 16.1 Å². The van der Waals surface area contributed by atoms with Crippen molar-refractivity contribution in [3.8, 4) is 0 Å². The smallest absolute Gasteiger partial charge is 0.128 e. The number of hydrogen-bond donors (Lipinski definition) is 0. The van der Waals surface area contributed by atoms with Crippen LogP contribution in [0.1, 0.15) is 32.3 Å². The molecule has 3 rings (SSSR count). The first-order chi connectivity index (χ1) is 11.0. The Morgan fingerprint density at radius 1 is 1.48 bits per heavy atom. The third-order valence-electron chi connectivity index (χ3n) is 5.29. The van der Waals surface area contributed by atoms with E-state index in [0.29, 0.717) is 23.9 Å². The number of rotatable bonds is 6. The summed E-state index contributed by atoms with van der Waals surface area (Å²) in [6.45, 7) is 4.90. The Morgan fingerprint density at radius 3 is 3.00 bits per heavy atom. The number of ether oxygens (including phenoxy) is 2. The Hall–Kier alpha value is -1.62. The third-order valence-corrected chi connectivity index (χ3v) is 5.29.